The lowest BCUT2D eigenvalue weighted by molar-refractivity contribution is 0.594. The molecule has 1 aliphatic heterocycles. The first-order valence-electron chi connectivity index (χ1n) is 9.73. The average Bonchev–Trinajstić information content (AvgIpc) is 3.12. The Bertz CT molecular complexity index is 1340. The molecular weight excluding hydrogens is 380 g/mol. The lowest BCUT2D eigenvalue weighted by Crippen LogP contribution is -2.28. The van der Waals surface area contributed by atoms with Gasteiger partial charge in [-0.05, 0) is 49.2 Å². The Kier molecular flexibility index (Phi) is 4.03. The van der Waals surface area contributed by atoms with Crippen LogP contribution in [0, 0.1) is 6.92 Å². The Morgan fingerprint density at radius 3 is 2.48 bits per heavy atom. The second-order valence-electron chi connectivity index (χ2n) is 7.59. The summed E-state index contributed by atoms with van der Waals surface area (Å²) < 4.78 is 30.4. The van der Waals surface area contributed by atoms with Gasteiger partial charge in [0.25, 0.3) is 10.0 Å². The SMILES string of the molecule is Cc1ccc(S(=O)(=O)N(C)c2cccc3c2-c2cc4ccccc4n2CC3)cc1. The van der Waals surface area contributed by atoms with Crippen LogP contribution in [0.4, 0.5) is 5.69 Å². The van der Waals surface area contributed by atoms with E-state index in [1.165, 1.54) is 20.8 Å². The van der Waals surface area contributed by atoms with Gasteiger partial charge < -0.3 is 4.57 Å². The summed E-state index contributed by atoms with van der Waals surface area (Å²) in [6.07, 6.45) is 0.882. The van der Waals surface area contributed by atoms with E-state index < -0.39 is 10.0 Å². The van der Waals surface area contributed by atoms with E-state index in [9.17, 15) is 8.42 Å². The highest BCUT2D eigenvalue weighted by Crippen LogP contribution is 2.41. The second kappa shape index (κ2) is 6.49. The van der Waals surface area contributed by atoms with Gasteiger partial charge in [0.1, 0.15) is 0 Å². The first kappa shape index (κ1) is 18.0. The lowest BCUT2D eigenvalue weighted by Gasteiger charge is -2.27. The number of aromatic nitrogens is 1. The summed E-state index contributed by atoms with van der Waals surface area (Å²) in [6, 6.07) is 23.5. The van der Waals surface area contributed by atoms with Gasteiger partial charge in [-0.3, -0.25) is 4.31 Å². The zero-order chi connectivity index (χ0) is 20.2. The molecule has 3 aromatic carbocycles. The van der Waals surface area contributed by atoms with Crippen molar-refractivity contribution in [2.24, 2.45) is 0 Å². The van der Waals surface area contributed by atoms with Gasteiger partial charge in [-0.25, -0.2) is 8.42 Å². The summed E-state index contributed by atoms with van der Waals surface area (Å²) in [4.78, 5) is 0.305. The number of nitrogens with zero attached hydrogens (tertiary/aromatic N) is 2. The summed E-state index contributed by atoms with van der Waals surface area (Å²) >= 11 is 0. The molecule has 1 aliphatic rings. The number of rotatable bonds is 3. The van der Waals surface area contributed by atoms with Gasteiger partial charge in [-0.1, -0.05) is 48.0 Å². The number of benzene rings is 3. The fourth-order valence-electron chi connectivity index (χ4n) is 4.24. The molecule has 0 radical (unpaired) electrons. The van der Waals surface area contributed by atoms with Crippen LogP contribution in [0.1, 0.15) is 11.1 Å². The predicted molar refractivity (Wildman–Crippen MR) is 118 cm³/mol. The molecule has 4 aromatic rings. The van der Waals surface area contributed by atoms with Crippen molar-refractivity contribution >= 4 is 26.6 Å². The number of para-hydroxylation sites is 1. The monoisotopic (exact) mass is 402 g/mol. The molecule has 146 valence electrons. The zero-order valence-corrected chi connectivity index (χ0v) is 17.3. The van der Waals surface area contributed by atoms with Crippen LogP contribution >= 0.6 is 0 Å². The predicted octanol–water partition coefficient (Wildman–Crippen LogP) is 5.00. The number of hydrogen-bond donors (Lipinski definition) is 0. The van der Waals surface area contributed by atoms with Crippen LogP contribution in [0.5, 0.6) is 0 Å². The minimum absolute atomic E-state index is 0.305. The maximum Gasteiger partial charge on any atom is 0.264 e. The number of fused-ring (bicyclic) bond motifs is 5. The molecular formula is C24H22N2O2S. The van der Waals surface area contributed by atoms with Gasteiger partial charge >= 0.3 is 0 Å². The zero-order valence-electron chi connectivity index (χ0n) is 16.5. The molecule has 0 saturated carbocycles. The van der Waals surface area contributed by atoms with Gasteiger partial charge in [0.05, 0.1) is 16.3 Å². The first-order valence-corrected chi connectivity index (χ1v) is 11.2. The molecule has 0 bridgehead atoms. The van der Waals surface area contributed by atoms with Gasteiger partial charge in [0.15, 0.2) is 0 Å². The van der Waals surface area contributed by atoms with Crippen LogP contribution in [-0.2, 0) is 23.0 Å². The summed E-state index contributed by atoms with van der Waals surface area (Å²) in [6.45, 7) is 2.85. The van der Waals surface area contributed by atoms with Gasteiger partial charge in [0, 0.05) is 30.1 Å². The number of hydrogen-bond acceptors (Lipinski definition) is 2. The van der Waals surface area contributed by atoms with E-state index in [1.54, 1.807) is 19.2 Å². The molecule has 29 heavy (non-hydrogen) atoms. The molecule has 5 heteroatoms. The van der Waals surface area contributed by atoms with Gasteiger partial charge in [0.2, 0.25) is 0 Å². The summed E-state index contributed by atoms with van der Waals surface area (Å²) in [5, 5.41) is 1.18. The molecule has 0 spiro atoms. The quantitative estimate of drug-likeness (QED) is 0.484. The van der Waals surface area contributed by atoms with Crippen molar-refractivity contribution in [2.75, 3.05) is 11.4 Å². The molecule has 0 unspecified atom stereocenters. The highest BCUT2D eigenvalue weighted by molar-refractivity contribution is 7.92. The molecule has 0 saturated heterocycles. The highest BCUT2D eigenvalue weighted by Gasteiger charge is 2.28. The van der Waals surface area contributed by atoms with E-state index in [0.717, 1.165) is 29.8 Å². The fourth-order valence-corrected chi connectivity index (χ4v) is 5.45. The van der Waals surface area contributed by atoms with E-state index in [4.69, 9.17) is 0 Å². The number of anilines is 1. The normalized spacial score (nSPS) is 13.2. The third kappa shape index (κ3) is 2.76. The van der Waals surface area contributed by atoms with Crippen LogP contribution in [0.25, 0.3) is 22.2 Å². The van der Waals surface area contributed by atoms with Crippen molar-refractivity contribution in [1.82, 2.24) is 4.57 Å². The van der Waals surface area contributed by atoms with Crippen LogP contribution in [-0.4, -0.2) is 20.0 Å². The van der Waals surface area contributed by atoms with Gasteiger partial charge in [-0.15, -0.1) is 0 Å². The van der Waals surface area contributed by atoms with E-state index in [1.807, 2.05) is 43.3 Å². The van der Waals surface area contributed by atoms with Crippen LogP contribution < -0.4 is 4.31 Å². The van der Waals surface area contributed by atoms with E-state index in [2.05, 4.69) is 28.8 Å². The molecule has 0 N–H and O–H groups in total. The molecule has 1 aromatic heterocycles. The van der Waals surface area contributed by atoms with Crippen LogP contribution in [0.3, 0.4) is 0 Å². The Hall–Kier alpha value is -3.05. The maximum absolute atomic E-state index is 13.3. The maximum atomic E-state index is 13.3. The molecule has 0 atom stereocenters. The van der Waals surface area contributed by atoms with Crippen molar-refractivity contribution in [2.45, 2.75) is 24.8 Å². The third-order valence-corrected chi connectivity index (χ3v) is 7.60. The lowest BCUT2D eigenvalue weighted by atomic mass is 9.96. The summed E-state index contributed by atoms with van der Waals surface area (Å²) in [5.41, 5.74) is 6.21. The minimum Gasteiger partial charge on any atom is -0.340 e. The molecule has 0 aliphatic carbocycles. The van der Waals surface area contributed by atoms with Crippen molar-refractivity contribution in [3.8, 4) is 11.3 Å². The summed E-state index contributed by atoms with van der Waals surface area (Å²) in [5.74, 6) is 0. The van der Waals surface area contributed by atoms with Crippen LogP contribution in [0.2, 0.25) is 0 Å². The Morgan fingerprint density at radius 2 is 1.69 bits per heavy atom. The second-order valence-corrected chi connectivity index (χ2v) is 9.56. The van der Waals surface area contributed by atoms with Crippen LogP contribution in [0.15, 0.2) is 77.7 Å². The first-order chi connectivity index (χ1) is 14.0. The number of aryl methyl sites for hydroxylation is 3. The van der Waals surface area contributed by atoms with E-state index in [-0.39, 0.29) is 0 Å². The third-order valence-electron chi connectivity index (χ3n) is 5.82. The van der Waals surface area contributed by atoms with E-state index >= 15 is 0 Å². The van der Waals surface area contributed by atoms with Crippen molar-refractivity contribution < 1.29 is 8.42 Å². The topological polar surface area (TPSA) is 42.3 Å². The van der Waals surface area contributed by atoms with Crippen molar-refractivity contribution in [3.05, 3.63) is 83.9 Å². The summed E-state index contributed by atoms with van der Waals surface area (Å²) in [7, 11) is -2.01. The number of sulfonamides is 1. The highest BCUT2D eigenvalue weighted by atomic mass is 32.2. The fraction of sp³-hybridized carbons (Fsp3) is 0.167. The van der Waals surface area contributed by atoms with Gasteiger partial charge in [-0.2, -0.15) is 0 Å². The Morgan fingerprint density at radius 1 is 0.931 bits per heavy atom. The van der Waals surface area contributed by atoms with Crippen molar-refractivity contribution in [3.63, 3.8) is 0 Å². The molecule has 4 nitrogen and oxygen atoms in total. The van der Waals surface area contributed by atoms with E-state index in [0.29, 0.717) is 10.6 Å². The minimum atomic E-state index is -3.65. The standard InChI is InChI=1S/C24H22N2O2S/c1-17-10-12-20(13-11-17)29(27,28)25(2)22-9-5-7-18-14-15-26-21-8-4-3-6-19(21)16-23(26)24(18)22/h3-13,16H,14-15H2,1-2H3. The molecule has 0 fully saturated rings. The van der Waals surface area contributed by atoms with Crippen molar-refractivity contribution in [1.29, 1.82) is 0 Å². The molecule has 2 heterocycles. The largest absolute Gasteiger partial charge is 0.340 e. The molecule has 0 amide bonds. The average molecular weight is 403 g/mol. The Labute approximate surface area is 171 Å². The smallest absolute Gasteiger partial charge is 0.264 e. The molecule has 5 rings (SSSR count). The Balaban J connectivity index is 1.69.